The molecule has 3 atom stereocenters. The molecule has 4 N–H and O–H groups in total. The average molecular weight is 1020 g/mol. The minimum atomic E-state index is -1.97. The molecule has 14 nitrogen and oxygen atoms in total. The minimum absolute atomic E-state index is 0.0468. The molecule has 2 aliphatic heterocycles. The van der Waals surface area contributed by atoms with E-state index in [0.29, 0.717) is 18.8 Å². The number of carbonyl (C=O) groups excluding carboxylic acids is 4. The lowest BCUT2D eigenvalue weighted by atomic mass is 10.00. The number of thiazole rings is 1. The maximum Gasteiger partial charge on any atom is 0.258 e. The Balaban J connectivity index is 0.000000253. The Kier molecular flexibility index (Phi) is 16.8. The number of hydrogen-bond donors (Lipinski definition) is 4. The van der Waals surface area contributed by atoms with Crippen molar-refractivity contribution in [3.8, 4) is 15.4 Å². The van der Waals surface area contributed by atoms with Crippen molar-refractivity contribution in [2.24, 2.45) is 4.99 Å². The Morgan fingerprint density at radius 3 is 2.33 bits per heavy atom. The number of amides is 4. The quantitative estimate of drug-likeness (QED) is 0.0668. The molecular weight excluding hydrogens is 957 g/mol. The van der Waals surface area contributed by atoms with Crippen LogP contribution in [0.5, 0.6) is 0 Å². The van der Waals surface area contributed by atoms with Crippen molar-refractivity contribution >= 4 is 75.4 Å². The van der Waals surface area contributed by atoms with Gasteiger partial charge in [-0.3, -0.25) is 28.7 Å². The van der Waals surface area contributed by atoms with E-state index in [0.717, 1.165) is 80.3 Å². The summed E-state index contributed by atoms with van der Waals surface area (Å²) in [6.45, 7) is 14.8. The number of aliphatic imine (C=N–C) groups is 1. The maximum absolute atomic E-state index is 14.8. The van der Waals surface area contributed by atoms with Gasteiger partial charge in [-0.15, -0.1) is 32.9 Å². The van der Waals surface area contributed by atoms with Crippen LogP contribution in [0, 0.1) is 27.7 Å². The largest absolute Gasteiger partial charge is 0.391 e. The second kappa shape index (κ2) is 22.4. The van der Waals surface area contributed by atoms with Crippen LogP contribution in [-0.2, 0) is 32.3 Å². The van der Waals surface area contributed by atoms with Gasteiger partial charge in [-0.05, 0) is 102 Å². The van der Waals surface area contributed by atoms with E-state index < -0.39 is 46.3 Å². The molecule has 5 heterocycles. The van der Waals surface area contributed by atoms with Crippen LogP contribution in [0.25, 0.3) is 15.4 Å². The third-order valence-electron chi connectivity index (χ3n) is 12.7. The molecular formula is C50H61ClFN9O5S3. The first kappa shape index (κ1) is 51.8. The fourth-order valence-electron chi connectivity index (χ4n) is 8.42. The van der Waals surface area contributed by atoms with Gasteiger partial charge in [0.2, 0.25) is 17.7 Å². The number of nitrogens with one attached hydrogen (secondary N) is 3. The number of thiophene rings is 1. The predicted octanol–water partition coefficient (Wildman–Crippen LogP) is 8.15. The van der Waals surface area contributed by atoms with Gasteiger partial charge in [0.05, 0.1) is 27.9 Å². The Hall–Kier alpha value is -5.01. The molecule has 2 unspecified atom stereocenters. The summed E-state index contributed by atoms with van der Waals surface area (Å²) in [6.07, 6.45) is 3.03. The van der Waals surface area contributed by atoms with Crippen molar-refractivity contribution in [3.05, 3.63) is 104 Å². The number of fused-ring (bicyclic) bond motifs is 3. The minimum Gasteiger partial charge on any atom is -0.391 e. The molecule has 3 aliphatic rings. The summed E-state index contributed by atoms with van der Waals surface area (Å²) in [5, 5.41) is 29.3. The van der Waals surface area contributed by atoms with Crippen molar-refractivity contribution in [2.75, 3.05) is 18.8 Å². The molecule has 69 heavy (non-hydrogen) atoms. The average Bonchev–Trinajstić information content (AvgIpc) is 3.53. The van der Waals surface area contributed by atoms with Crippen molar-refractivity contribution in [2.45, 2.75) is 135 Å². The van der Waals surface area contributed by atoms with E-state index in [2.05, 4.69) is 49.5 Å². The lowest BCUT2D eigenvalue weighted by molar-refractivity contribution is -0.143. The molecule has 8 rings (SSSR count). The number of likely N-dealkylation sites (tertiary alicyclic amines) is 1. The Morgan fingerprint density at radius 2 is 1.67 bits per heavy atom. The fraction of sp³-hybridized carbons (Fsp3) is 0.480. The number of thioether (sulfide) groups is 1. The van der Waals surface area contributed by atoms with Crippen LogP contribution in [0.3, 0.4) is 0 Å². The predicted molar refractivity (Wildman–Crippen MR) is 273 cm³/mol. The molecule has 5 aromatic rings. The lowest BCUT2D eigenvalue weighted by Gasteiger charge is -2.37. The number of hydrogen-bond acceptors (Lipinski definition) is 12. The highest BCUT2D eigenvalue weighted by Crippen LogP contribution is 2.41. The van der Waals surface area contributed by atoms with Crippen molar-refractivity contribution in [1.82, 2.24) is 40.6 Å². The standard InChI is InChI=1S/C33H46FN5O5S2.C17H15ClN4S/c1-21-27(45-20-37-21)24-11-9-23(10-12-24)18-36-29(42)26-17-25(41)19-39(26)30(43)28(38-31(44)33(34)13-14-33)32(3,4)46-16-8-6-5-7-15-35-22(2)40;1-9-10(2)23-17-15(9)16(12-4-6-13(18)7-5-12)19-8-14-21-20-11(3)22(14)17/h9-12,20,25-26,28,41H,5-8,13-19H2,1-4H3,(H,35,40)(H,36,42)(H,38,44);4-7H,8H2,1-3H3/t25-,26?,28?;/m1./s1. The molecule has 19 heteroatoms. The fourth-order valence-corrected chi connectivity index (χ4v) is 11.8. The van der Waals surface area contributed by atoms with E-state index in [4.69, 9.17) is 16.6 Å². The van der Waals surface area contributed by atoms with Gasteiger partial charge in [0.15, 0.2) is 11.5 Å². The Bertz CT molecular complexity index is 2680. The number of carbonyl (C=O) groups is 4. The van der Waals surface area contributed by atoms with Gasteiger partial charge in [0.1, 0.15) is 29.5 Å². The molecule has 4 amide bonds. The summed E-state index contributed by atoms with van der Waals surface area (Å²) in [5.74, 6) is 0.730. The highest BCUT2D eigenvalue weighted by Gasteiger charge is 2.54. The van der Waals surface area contributed by atoms with Gasteiger partial charge < -0.3 is 26.0 Å². The van der Waals surface area contributed by atoms with Crippen LogP contribution < -0.4 is 16.0 Å². The van der Waals surface area contributed by atoms with Crippen LogP contribution >= 0.6 is 46.0 Å². The van der Waals surface area contributed by atoms with Gasteiger partial charge in [-0.2, -0.15) is 11.8 Å². The van der Waals surface area contributed by atoms with E-state index in [9.17, 15) is 28.7 Å². The topological polar surface area (TPSA) is 184 Å². The van der Waals surface area contributed by atoms with E-state index in [1.54, 1.807) is 28.2 Å². The van der Waals surface area contributed by atoms with Crippen molar-refractivity contribution < 1.29 is 28.7 Å². The summed E-state index contributed by atoms with van der Waals surface area (Å²) in [4.78, 5) is 64.2. The third kappa shape index (κ3) is 12.5. The van der Waals surface area contributed by atoms with Gasteiger partial charge in [-0.25, -0.2) is 9.37 Å². The summed E-state index contributed by atoms with van der Waals surface area (Å²) in [6, 6.07) is 13.7. The number of unbranched alkanes of at least 4 members (excludes halogenated alkanes) is 3. The molecule has 0 spiro atoms. The number of β-amino-alcohol motifs (C(OH)–C–C–N with tert-alkyl or cyclic N) is 1. The highest BCUT2D eigenvalue weighted by atomic mass is 35.5. The molecule has 3 aromatic heterocycles. The molecule has 368 valence electrons. The number of aliphatic hydroxyl groups is 1. The van der Waals surface area contributed by atoms with E-state index >= 15 is 0 Å². The van der Waals surface area contributed by atoms with Crippen LogP contribution in [-0.4, -0.2) is 107 Å². The highest BCUT2D eigenvalue weighted by molar-refractivity contribution is 8.00. The zero-order chi connectivity index (χ0) is 49.6. The van der Waals surface area contributed by atoms with Gasteiger partial charge in [0.25, 0.3) is 5.91 Å². The Labute approximate surface area is 420 Å². The smallest absolute Gasteiger partial charge is 0.258 e. The molecule has 1 saturated heterocycles. The maximum atomic E-state index is 14.8. The molecule has 2 fully saturated rings. The number of aromatic nitrogens is 4. The van der Waals surface area contributed by atoms with Crippen LogP contribution in [0.15, 0.2) is 59.0 Å². The number of rotatable bonds is 17. The Morgan fingerprint density at radius 1 is 0.971 bits per heavy atom. The second-order valence-corrected chi connectivity index (χ2v) is 22.7. The summed E-state index contributed by atoms with van der Waals surface area (Å²) < 4.78 is 16.1. The van der Waals surface area contributed by atoms with Crippen LogP contribution in [0.4, 0.5) is 4.39 Å². The summed E-state index contributed by atoms with van der Waals surface area (Å²) in [5.41, 5.74) is 7.24. The second-order valence-electron chi connectivity index (χ2n) is 18.4. The number of alkyl halides is 1. The zero-order valence-electron chi connectivity index (χ0n) is 40.2. The van der Waals surface area contributed by atoms with E-state index in [-0.39, 0.29) is 38.3 Å². The molecule has 2 aromatic carbocycles. The molecule has 1 saturated carbocycles. The molecule has 0 radical (unpaired) electrons. The normalized spacial score (nSPS) is 17.4. The lowest BCUT2D eigenvalue weighted by Crippen LogP contribution is -2.61. The van der Waals surface area contributed by atoms with Gasteiger partial charge >= 0.3 is 0 Å². The molecule has 0 bridgehead atoms. The van der Waals surface area contributed by atoms with Crippen molar-refractivity contribution in [1.29, 1.82) is 0 Å². The number of halogens is 2. The van der Waals surface area contributed by atoms with Gasteiger partial charge in [0, 0.05) is 58.8 Å². The van der Waals surface area contributed by atoms with Crippen molar-refractivity contribution in [3.63, 3.8) is 0 Å². The summed E-state index contributed by atoms with van der Waals surface area (Å²) >= 11 is 10.9. The van der Waals surface area contributed by atoms with E-state index in [1.165, 1.54) is 39.6 Å². The number of benzene rings is 2. The van der Waals surface area contributed by atoms with E-state index in [1.807, 2.05) is 76.2 Å². The van der Waals surface area contributed by atoms with Crippen LogP contribution in [0.1, 0.15) is 110 Å². The third-order valence-corrected chi connectivity index (χ3v) is 16.6. The molecule has 1 aliphatic carbocycles. The zero-order valence-corrected chi connectivity index (χ0v) is 43.4. The monoisotopic (exact) mass is 1020 g/mol. The number of aryl methyl sites for hydroxylation is 3. The first-order valence-electron chi connectivity index (χ1n) is 23.3. The first-order valence-corrected chi connectivity index (χ1v) is 26.4. The number of aliphatic hydroxyl groups excluding tert-OH is 1. The first-order chi connectivity index (χ1) is 32.9. The van der Waals surface area contributed by atoms with Crippen LogP contribution in [0.2, 0.25) is 5.02 Å². The SMILES string of the molecule is CC(=O)NCCCCCCSC(C)(C)C(NC(=O)C1(F)CC1)C(=O)N1C[C@H](O)CC1C(=O)NCc1ccc(-c2scnc2C)cc1.Cc1sc2c(c1C)C(c1ccc(Cl)cc1)=NCc1nnc(C)n1-2. The van der Waals surface area contributed by atoms with Gasteiger partial charge in [-0.1, -0.05) is 60.8 Å². The number of nitrogens with zero attached hydrogens (tertiary/aromatic N) is 6. The summed E-state index contributed by atoms with van der Waals surface area (Å²) in [7, 11) is 0.